The zero-order valence-corrected chi connectivity index (χ0v) is 13.2. The van der Waals surface area contributed by atoms with Crippen molar-refractivity contribution in [2.75, 3.05) is 11.5 Å². The molecule has 1 heterocycles. The summed E-state index contributed by atoms with van der Waals surface area (Å²) in [5.74, 6) is -0.455. The summed E-state index contributed by atoms with van der Waals surface area (Å²) in [4.78, 5) is 0. The number of rotatable bonds is 4. The Morgan fingerprint density at radius 3 is 2.38 bits per heavy atom. The molecule has 0 bridgehead atoms. The van der Waals surface area contributed by atoms with Gasteiger partial charge in [-0.25, -0.2) is 21.6 Å². The molecule has 4 N–H and O–H groups in total. The Morgan fingerprint density at radius 2 is 1.81 bits per heavy atom. The van der Waals surface area contributed by atoms with Crippen LogP contribution in [-0.2, 0) is 19.9 Å². The largest absolute Gasteiger partial charge is 0.409 e. The van der Waals surface area contributed by atoms with Gasteiger partial charge in [-0.05, 0) is 25.7 Å². The van der Waals surface area contributed by atoms with Gasteiger partial charge in [0.05, 0.1) is 16.8 Å². The van der Waals surface area contributed by atoms with Crippen molar-refractivity contribution < 1.29 is 22.0 Å². The Morgan fingerprint density at radius 1 is 1.19 bits per heavy atom. The van der Waals surface area contributed by atoms with E-state index in [1.165, 1.54) is 0 Å². The summed E-state index contributed by atoms with van der Waals surface area (Å²) in [5, 5.41) is 11.0. The van der Waals surface area contributed by atoms with Crippen LogP contribution in [0.1, 0.15) is 32.1 Å². The van der Waals surface area contributed by atoms with E-state index in [1.54, 1.807) is 0 Å². The average Bonchev–Trinajstić information content (AvgIpc) is 2.84. The molecular formula is C11H21N3O5S2. The summed E-state index contributed by atoms with van der Waals surface area (Å²) in [6.07, 6.45) is 2.34. The molecule has 0 aromatic heterocycles. The highest BCUT2D eigenvalue weighted by atomic mass is 32.2. The number of sulfone groups is 1. The third kappa shape index (κ3) is 3.86. The molecule has 10 heteroatoms. The molecule has 1 saturated heterocycles. The van der Waals surface area contributed by atoms with Crippen LogP contribution in [0.15, 0.2) is 5.16 Å². The van der Waals surface area contributed by atoms with Crippen LogP contribution in [0.25, 0.3) is 0 Å². The quantitative estimate of drug-likeness (QED) is 0.270. The predicted molar refractivity (Wildman–Crippen MR) is 78.3 cm³/mol. The molecule has 2 atom stereocenters. The second-order valence-electron chi connectivity index (χ2n) is 5.68. The molecule has 1 aliphatic heterocycles. The maximum atomic E-state index is 12.4. The fraction of sp³-hybridized carbons (Fsp3) is 0.909. The number of nitrogens with two attached hydrogens (primary N) is 1. The molecule has 122 valence electrons. The molecular weight excluding hydrogens is 318 g/mol. The molecule has 0 radical (unpaired) electrons. The third-order valence-electron chi connectivity index (χ3n) is 4.27. The van der Waals surface area contributed by atoms with Crippen molar-refractivity contribution in [2.45, 2.75) is 43.4 Å². The van der Waals surface area contributed by atoms with E-state index in [1.807, 2.05) is 0 Å². The van der Waals surface area contributed by atoms with Gasteiger partial charge in [0.1, 0.15) is 15.7 Å². The van der Waals surface area contributed by atoms with E-state index in [2.05, 4.69) is 9.88 Å². The van der Waals surface area contributed by atoms with Gasteiger partial charge in [0.25, 0.3) is 0 Å². The normalized spacial score (nSPS) is 31.3. The molecule has 1 aliphatic carbocycles. The number of oxime groups is 1. The molecule has 2 aliphatic rings. The summed E-state index contributed by atoms with van der Waals surface area (Å²) in [7, 11) is -6.69. The fourth-order valence-electron chi connectivity index (χ4n) is 3.02. The Bertz CT molecular complexity index is 600. The Balaban J connectivity index is 2.04. The highest BCUT2D eigenvalue weighted by Gasteiger charge is 2.38. The van der Waals surface area contributed by atoms with E-state index in [9.17, 15) is 16.8 Å². The fourth-order valence-corrected chi connectivity index (χ4v) is 6.56. The lowest BCUT2D eigenvalue weighted by atomic mass is 10.0. The summed E-state index contributed by atoms with van der Waals surface area (Å²) < 4.78 is 50.1. The minimum absolute atomic E-state index is 0.0337. The van der Waals surface area contributed by atoms with Gasteiger partial charge >= 0.3 is 0 Å². The van der Waals surface area contributed by atoms with Crippen LogP contribution < -0.4 is 10.5 Å². The first-order chi connectivity index (χ1) is 9.75. The van der Waals surface area contributed by atoms with Gasteiger partial charge in [0, 0.05) is 12.0 Å². The van der Waals surface area contributed by atoms with Gasteiger partial charge in [0.2, 0.25) is 10.0 Å². The van der Waals surface area contributed by atoms with Crippen molar-refractivity contribution in [3.63, 3.8) is 0 Å². The second kappa shape index (κ2) is 6.09. The molecule has 2 unspecified atom stereocenters. The van der Waals surface area contributed by atoms with Crippen LogP contribution in [0.4, 0.5) is 0 Å². The van der Waals surface area contributed by atoms with Crippen LogP contribution in [-0.4, -0.2) is 50.7 Å². The van der Waals surface area contributed by atoms with Crippen molar-refractivity contribution in [2.24, 2.45) is 16.8 Å². The predicted octanol–water partition coefficient (Wildman–Crippen LogP) is -0.602. The first-order valence-electron chi connectivity index (χ1n) is 6.94. The lowest BCUT2D eigenvalue weighted by Crippen LogP contribution is -2.47. The minimum atomic E-state index is -3.60. The smallest absolute Gasteiger partial charge is 0.214 e. The second-order valence-corrected chi connectivity index (χ2v) is 9.98. The van der Waals surface area contributed by atoms with Gasteiger partial charge in [-0.2, -0.15) is 0 Å². The third-order valence-corrected chi connectivity index (χ3v) is 7.96. The maximum absolute atomic E-state index is 12.4. The van der Waals surface area contributed by atoms with Crippen LogP contribution in [0.5, 0.6) is 0 Å². The SMILES string of the molecule is NC(=NO)C1CCCC1NS(=O)(=O)C1CCS(=O)(=O)CC1. The minimum Gasteiger partial charge on any atom is -0.409 e. The van der Waals surface area contributed by atoms with Crippen LogP contribution in [0, 0.1) is 5.92 Å². The molecule has 0 aromatic carbocycles. The lowest BCUT2D eigenvalue weighted by molar-refractivity contribution is 0.312. The van der Waals surface area contributed by atoms with E-state index in [-0.39, 0.29) is 42.1 Å². The molecule has 2 fully saturated rings. The maximum Gasteiger partial charge on any atom is 0.214 e. The van der Waals surface area contributed by atoms with E-state index >= 15 is 0 Å². The Kier molecular flexibility index (Phi) is 4.79. The summed E-state index contributed by atoms with van der Waals surface area (Å²) in [6.45, 7) is 0. The first kappa shape index (κ1) is 16.5. The topological polar surface area (TPSA) is 139 Å². The van der Waals surface area contributed by atoms with Crippen molar-refractivity contribution in [3.05, 3.63) is 0 Å². The number of hydrogen-bond donors (Lipinski definition) is 3. The zero-order chi connectivity index (χ0) is 15.7. The number of amidine groups is 1. The summed E-state index contributed by atoms with van der Waals surface area (Å²) >= 11 is 0. The number of nitrogens with one attached hydrogen (secondary N) is 1. The average molecular weight is 339 g/mol. The Labute approximate surface area is 124 Å². The van der Waals surface area contributed by atoms with E-state index in [0.717, 1.165) is 6.42 Å². The molecule has 1 saturated carbocycles. The highest BCUT2D eigenvalue weighted by molar-refractivity contribution is 7.92. The van der Waals surface area contributed by atoms with Crippen LogP contribution in [0.2, 0.25) is 0 Å². The van der Waals surface area contributed by atoms with Crippen molar-refractivity contribution in [1.82, 2.24) is 4.72 Å². The molecule has 0 spiro atoms. The van der Waals surface area contributed by atoms with Crippen molar-refractivity contribution >= 4 is 25.7 Å². The van der Waals surface area contributed by atoms with Crippen LogP contribution in [0.3, 0.4) is 0 Å². The number of sulfonamides is 1. The van der Waals surface area contributed by atoms with Gasteiger partial charge in [-0.3, -0.25) is 0 Å². The molecule has 8 nitrogen and oxygen atoms in total. The van der Waals surface area contributed by atoms with Crippen molar-refractivity contribution in [1.29, 1.82) is 0 Å². The zero-order valence-electron chi connectivity index (χ0n) is 11.6. The molecule has 0 amide bonds. The number of nitrogens with zero attached hydrogens (tertiary/aromatic N) is 1. The Hall–Kier alpha value is -0.870. The van der Waals surface area contributed by atoms with Crippen molar-refractivity contribution in [3.8, 4) is 0 Å². The van der Waals surface area contributed by atoms with Gasteiger partial charge in [-0.15, -0.1) is 0 Å². The summed E-state index contributed by atoms with van der Waals surface area (Å²) in [5.41, 5.74) is 5.59. The lowest BCUT2D eigenvalue weighted by Gasteiger charge is -2.26. The van der Waals surface area contributed by atoms with E-state index in [0.29, 0.717) is 12.8 Å². The highest BCUT2D eigenvalue weighted by Crippen LogP contribution is 2.28. The van der Waals surface area contributed by atoms with Gasteiger partial charge < -0.3 is 10.9 Å². The van der Waals surface area contributed by atoms with Crippen LogP contribution >= 0.6 is 0 Å². The van der Waals surface area contributed by atoms with Gasteiger partial charge in [0.15, 0.2) is 0 Å². The molecule has 21 heavy (non-hydrogen) atoms. The molecule has 0 aromatic rings. The number of hydrogen-bond acceptors (Lipinski definition) is 6. The first-order valence-corrected chi connectivity index (χ1v) is 10.3. The van der Waals surface area contributed by atoms with E-state index in [4.69, 9.17) is 10.9 Å². The monoisotopic (exact) mass is 339 g/mol. The van der Waals surface area contributed by atoms with E-state index < -0.39 is 25.1 Å². The summed E-state index contributed by atoms with van der Waals surface area (Å²) in [6, 6.07) is -0.385. The molecule has 2 rings (SSSR count). The standard InChI is InChI=1S/C11H21N3O5S2/c12-11(13-15)9-2-1-3-10(9)14-21(18,19)8-4-6-20(16,17)7-5-8/h8-10,14-15H,1-7H2,(H2,12,13). The van der Waals surface area contributed by atoms with Gasteiger partial charge in [-0.1, -0.05) is 11.6 Å².